The molecule has 0 atom stereocenters. The van der Waals surface area contributed by atoms with E-state index in [1.165, 1.54) is 0 Å². The van der Waals surface area contributed by atoms with E-state index in [1.54, 1.807) is 6.07 Å². The maximum Gasteiger partial charge on any atom is 0.345 e. The number of nitro benzene ring substituents is 1. The molecule has 0 amide bonds. The van der Waals surface area contributed by atoms with Crippen LogP contribution in [0.4, 0.5) is 5.69 Å². The molecule has 0 N–H and O–H groups in total. The average Bonchev–Trinajstić information content (AvgIpc) is 2.35. The second-order valence-electron chi connectivity index (χ2n) is 2.94. The molecule has 0 saturated heterocycles. The van der Waals surface area contributed by atoms with Gasteiger partial charge in [-0.1, -0.05) is 0 Å². The molecule has 7 nitrogen and oxygen atoms in total. The van der Waals surface area contributed by atoms with Crippen LogP contribution in [0, 0.1) is 21.4 Å². The highest BCUT2D eigenvalue weighted by molar-refractivity contribution is 6.02. The molecule has 1 rings (SSSR count). The highest BCUT2D eigenvalue weighted by atomic mass is 16.6. The van der Waals surface area contributed by atoms with Crippen LogP contribution in [0.2, 0.25) is 0 Å². The van der Waals surface area contributed by atoms with Gasteiger partial charge in [-0.2, -0.15) is 5.26 Å². The number of rotatable bonds is 3. The molecule has 7 heteroatoms. The molecule has 0 radical (unpaired) electrons. The Morgan fingerprint density at radius 2 is 2.24 bits per heavy atom. The number of carbonyl (C=O) groups is 2. The monoisotopic (exact) mass is 234 g/mol. The summed E-state index contributed by atoms with van der Waals surface area (Å²) in [5.41, 5.74) is -1.40. The van der Waals surface area contributed by atoms with E-state index in [-0.39, 0.29) is 17.4 Å². The van der Waals surface area contributed by atoms with Gasteiger partial charge in [0.05, 0.1) is 23.7 Å². The Hall–Kier alpha value is -2.75. The van der Waals surface area contributed by atoms with E-state index in [0.29, 0.717) is 0 Å². The molecule has 0 unspecified atom stereocenters. The van der Waals surface area contributed by atoms with Crippen LogP contribution >= 0.6 is 0 Å². The first-order valence-electron chi connectivity index (χ1n) is 4.31. The molecule has 0 aliphatic carbocycles. The highest BCUT2D eigenvalue weighted by Crippen LogP contribution is 2.24. The van der Waals surface area contributed by atoms with Crippen molar-refractivity contribution in [2.45, 2.75) is 0 Å². The Labute approximate surface area is 95.4 Å². The zero-order chi connectivity index (χ0) is 13.0. The summed E-state index contributed by atoms with van der Waals surface area (Å²) in [7, 11) is 1.04. The maximum absolute atomic E-state index is 11.3. The fraction of sp³-hybridized carbons (Fsp3) is 0.100. The standard InChI is InChI=1S/C10H6N2O5/c1-17-10(14)9-7(5-13)2-6(4-11)3-8(9)12(15)16/h2-3,5H,1H3. The molecular weight excluding hydrogens is 228 g/mol. The number of aldehydes is 1. The first kappa shape index (κ1) is 12.3. The Bertz CT molecular complexity index is 544. The maximum atomic E-state index is 11.3. The van der Waals surface area contributed by atoms with Gasteiger partial charge in [-0.05, 0) is 6.07 Å². The molecule has 0 bridgehead atoms. The van der Waals surface area contributed by atoms with Crippen molar-refractivity contribution in [3.05, 3.63) is 38.9 Å². The largest absolute Gasteiger partial charge is 0.465 e. The second kappa shape index (κ2) is 4.85. The summed E-state index contributed by atoms with van der Waals surface area (Å²) < 4.78 is 4.36. The number of esters is 1. The van der Waals surface area contributed by atoms with Crippen molar-refractivity contribution >= 4 is 17.9 Å². The fourth-order valence-corrected chi connectivity index (χ4v) is 1.27. The number of methoxy groups -OCH3 is 1. The number of nitriles is 1. The summed E-state index contributed by atoms with van der Waals surface area (Å²) in [5, 5.41) is 19.4. The molecule has 0 heterocycles. The van der Waals surface area contributed by atoms with Crippen molar-refractivity contribution in [1.29, 1.82) is 5.26 Å². The van der Waals surface area contributed by atoms with Gasteiger partial charge in [-0.25, -0.2) is 4.79 Å². The van der Waals surface area contributed by atoms with Gasteiger partial charge in [-0.15, -0.1) is 0 Å². The Kier molecular flexibility index (Phi) is 3.51. The third kappa shape index (κ3) is 2.26. The molecule has 0 aliphatic rings. The predicted octanol–water partition coefficient (Wildman–Crippen LogP) is 1.07. The van der Waals surface area contributed by atoms with Crippen LogP contribution in [0.15, 0.2) is 12.1 Å². The lowest BCUT2D eigenvalue weighted by Gasteiger charge is -2.04. The van der Waals surface area contributed by atoms with Crippen LogP contribution < -0.4 is 0 Å². The van der Waals surface area contributed by atoms with Crippen molar-refractivity contribution in [3.8, 4) is 6.07 Å². The van der Waals surface area contributed by atoms with Crippen molar-refractivity contribution < 1.29 is 19.2 Å². The quantitative estimate of drug-likeness (QED) is 0.334. The molecule has 86 valence electrons. The van der Waals surface area contributed by atoms with E-state index in [0.717, 1.165) is 19.2 Å². The Morgan fingerprint density at radius 3 is 2.65 bits per heavy atom. The Balaban J connectivity index is 3.65. The van der Waals surface area contributed by atoms with Gasteiger partial charge in [0.1, 0.15) is 5.56 Å². The summed E-state index contributed by atoms with van der Waals surface area (Å²) in [4.78, 5) is 32.0. The molecule has 1 aromatic carbocycles. The lowest BCUT2D eigenvalue weighted by Crippen LogP contribution is -2.10. The van der Waals surface area contributed by atoms with E-state index in [2.05, 4.69) is 4.74 Å². The van der Waals surface area contributed by atoms with E-state index < -0.39 is 22.1 Å². The van der Waals surface area contributed by atoms with Gasteiger partial charge < -0.3 is 4.74 Å². The predicted molar refractivity (Wildman–Crippen MR) is 54.5 cm³/mol. The first-order valence-corrected chi connectivity index (χ1v) is 4.31. The topological polar surface area (TPSA) is 110 Å². The summed E-state index contributed by atoms with van der Waals surface area (Å²) >= 11 is 0. The minimum atomic E-state index is -0.997. The number of hydrogen-bond donors (Lipinski definition) is 0. The van der Waals surface area contributed by atoms with Gasteiger partial charge in [0.15, 0.2) is 6.29 Å². The van der Waals surface area contributed by atoms with Crippen molar-refractivity contribution in [1.82, 2.24) is 0 Å². The fourth-order valence-electron chi connectivity index (χ4n) is 1.27. The number of nitro groups is 1. The SMILES string of the molecule is COC(=O)c1c(C=O)cc(C#N)cc1[N+](=O)[O-]. The van der Waals surface area contributed by atoms with Crippen LogP contribution in [-0.4, -0.2) is 24.3 Å². The third-order valence-corrected chi connectivity index (χ3v) is 1.99. The number of hydrogen-bond acceptors (Lipinski definition) is 6. The van der Waals surface area contributed by atoms with E-state index in [4.69, 9.17) is 5.26 Å². The molecule has 0 fully saturated rings. The molecular formula is C10H6N2O5. The molecule has 0 saturated carbocycles. The van der Waals surface area contributed by atoms with Crippen LogP contribution in [0.3, 0.4) is 0 Å². The molecule has 0 spiro atoms. The normalized spacial score (nSPS) is 9.18. The molecule has 17 heavy (non-hydrogen) atoms. The lowest BCUT2D eigenvalue weighted by molar-refractivity contribution is -0.385. The van der Waals surface area contributed by atoms with E-state index in [9.17, 15) is 19.7 Å². The average molecular weight is 234 g/mol. The highest BCUT2D eigenvalue weighted by Gasteiger charge is 2.26. The van der Waals surface area contributed by atoms with Gasteiger partial charge in [-0.3, -0.25) is 14.9 Å². The summed E-state index contributed by atoms with van der Waals surface area (Å²) in [6, 6.07) is 3.67. The van der Waals surface area contributed by atoms with Crippen molar-refractivity contribution in [2.75, 3.05) is 7.11 Å². The Morgan fingerprint density at radius 1 is 1.59 bits per heavy atom. The summed E-state index contributed by atoms with van der Waals surface area (Å²) in [6.45, 7) is 0. The van der Waals surface area contributed by atoms with Crippen LogP contribution in [-0.2, 0) is 4.74 Å². The number of ether oxygens (including phenoxy) is 1. The zero-order valence-electron chi connectivity index (χ0n) is 8.67. The van der Waals surface area contributed by atoms with Gasteiger partial charge in [0.25, 0.3) is 5.69 Å². The van der Waals surface area contributed by atoms with Crippen LogP contribution in [0.25, 0.3) is 0 Å². The summed E-state index contributed by atoms with van der Waals surface area (Å²) in [5.74, 6) is -0.997. The van der Waals surface area contributed by atoms with Gasteiger partial charge >= 0.3 is 5.97 Å². The summed E-state index contributed by atoms with van der Waals surface area (Å²) in [6.07, 6.45) is 0.264. The van der Waals surface area contributed by atoms with Gasteiger partial charge in [0.2, 0.25) is 0 Å². The van der Waals surface area contributed by atoms with Crippen LogP contribution in [0.5, 0.6) is 0 Å². The number of benzene rings is 1. The van der Waals surface area contributed by atoms with Crippen LogP contribution in [0.1, 0.15) is 26.3 Å². The minimum Gasteiger partial charge on any atom is -0.465 e. The van der Waals surface area contributed by atoms with Crippen molar-refractivity contribution in [3.63, 3.8) is 0 Å². The van der Waals surface area contributed by atoms with E-state index in [1.807, 2.05) is 0 Å². The van der Waals surface area contributed by atoms with E-state index >= 15 is 0 Å². The lowest BCUT2D eigenvalue weighted by atomic mass is 10.0. The second-order valence-corrected chi connectivity index (χ2v) is 2.94. The number of carbonyl (C=O) groups excluding carboxylic acids is 2. The number of nitrogens with zero attached hydrogens (tertiary/aromatic N) is 2. The van der Waals surface area contributed by atoms with Crippen molar-refractivity contribution in [2.24, 2.45) is 0 Å². The zero-order valence-corrected chi connectivity index (χ0v) is 8.67. The smallest absolute Gasteiger partial charge is 0.345 e. The molecule has 0 aliphatic heterocycles. The van der Waals surface area contributed by atoms with Gasteiger partial charge in [0, 0.05) is 11.6 Å². The molecule has 1 aromatic rings. The minimum absolute atomic E-state index is 0.0774. The first-order chi connectivity index (χ1) is 8.04. The third-order valence-electron chi connectivity index (χ3n) is 1.99. The molecule has 0 aromatic heterocycles.